The van der Waals surface area contributed by atoms with Crippen molar-refractivity contribution < 1.29 is 20.2 Å². The molecule has 12 heteroatoms. The Balaban J connectivity index is 1.90. The van der Waals surface area contributed by atoms with E-state index in [1.165, 1.54) is 0 Å². The molecule has 1 atom stereocenters. The Kier molecular flexibility index (Phi) is 7.90. The van der Waals surface area contributed by atoms with Gasteiger partial charge in [0.25, 0.3) is 0 Å². The lowest BCUT2D eigenvalue weighted by Crippen LogP contribution is -2.54. The number of pyridine rings is 1. The first-order valence-corrected chi connectivity index (χ1v) is 11.9. The van der Waals surface area contributed by atoms with Gasteiger partial charge in [-0.15, -0.1) is 0 Å². The third kappa shape index (κ3) is 6.26. The number of imidazole rings is 1. The van der Waals surface area contributed by atoms with Crippen molar-refractivity contribution in [3.8, 4) is 41.1 Å². The molecular weight excluding hydrogens is 486 g/mol. The maximum Gasteiger partial charge on any atom is 0.217 e. The van der Waals surface area contributed by atoms with Gasteiger partial charge in [0, 0.05) is 19.0 Å². The molecule has 0 aliphatic heterocycles. The van der Waals surface area contributed by atoms with E-state index in [0.29, 0.717) is 47.9 Å². The smallest absolute Gasteiger partial charge is 0.217 e. The molecule has 0 unspecified atom stereocenters. The molecule has 0 aliphatic carbocycles. The van der Waals surface area contributed by atoms with Gasteiger partial charge >= 0.3 is 0 Å². The van der Waals surface area contributed by atoms with E-state index in [0.717, 1.165) is 5.56 Å². The number of quaternary nitrogens is 1. The zero-order chi connectivity index (χ0) is 27.3. The van der Waals surface area contributed by atoms with Crippen molar-refractivity contribution in [3.63, 3.8) is 0 Å². The molecule has 0 bridgehead atoms. The van der Waals surface area contributed by atoms with Crippen LogP contribution in [0.25, 0.3) is 22.6 Å². The Bertz CT molecular complexity index is 1530. The van der Waals surface area contributed by atoms with E-state index >= 15 is 0 Å². The molecule has 4 aromatic rings. The van der Waals surface area contributed by atoms with Crippen molar-refractivity contribution in [2.24, 2.45) is 11.5 Å². The number of rotatable bonds is 7. The maximum absolute atomic E-state index is 10.2. The summed E-state index contributed by atoms with van der Waals surface area (Å²) in [5.74, 6) is 12.2. The molecule has 196 valence electrons. The SMILES string of the molecule is CC(C)(O)C#Cc1nc(O[C@H](C[NH3+])c2ccccc2)cc2c1nc(-c1nonc1N)n2CCC#CC(N)N. The van der Waals surface area contributed by atoms with E-state index in [9.17, 15) is 5.11 Å². The van der Waals surface area contributed by atoms with E-state index < -0.39 is 11.8 Å². The highest BCUT2D eigenvalue weighted by molar-refractivity contribution is 5.86. The minimum absolute atomic E-state index is 0.0754. The molecule has 12 nitrogen and oxygen atoms in total. The van der Waals surface area contributed by atoms with E-state index in [-0.39, 0.29) is 17.6 Å². The Hall–Kier alpha value is -4.46. The van der Waals surface area contributed by atoms with Crippen LogP contribution in [0.1, 0.15) is 37.6 Å². The van der Waals surface area contributed by atoms with Crippen molar-refractivity contribution in [1.82, 2.24) is 24.8 Å². The summed E-state index contributed by atoms with van der Waals surface area (Å²) in [6.45, 7) is 4.02. The van der Waals surface area contributed by atoms with Gasteiger partial charge in [0.05, 0.1) is 5.52 Å². The molecular formula is C26H30N9O3+. The number of nitrogens with two attached hydrogens (primary N) is 3. The molecule has 10 N–H and O–H groups in total. The van der Waals surface area contributed by atoms with Crippen LogP contribution in [-0.2, 0) is 6.54 Å². The Morgan fingerprint density at radius 2 is 1.95 bits per heavy atom. The van der Waals surface area contributed by atoms with Crippen molar-refractivity contribution in [2.45, 2.75) is 44.7 Å². The van der Waals surface area contributed by atoms with Crippen LogP contribution in [0.2, 0.25) is 0 Å². The number of fused-ring (bicyclic) bond motifs is 1. The lowest BCUT2D eigenvalue weighted by atomic mass is 10.1. The summed E-state index contributed by atoms with van der Waals surface area (Å²) in [5, 5.41) is 17.9. The van der Waals surface area contributed by atoms with Crippen molar-refractivity contribution in [1.29, 1.82) is 0 Å². The van der Waals surface area contributed by atoms with Gasteiger partial charge in [-0.2, -0.15) is 0 Å². The summed E-state index contributed by atoms with van der Waals surface area (Å²) in [4.78, 5) is 9.37. The highest BCUT2D eigenvalue weighted by atomic mass is 16.6. The summed E-state index contributed by atoms with van der Waals surface area (Å²) in [6.07, 6.45) is -0.683. The summed E-state index contributed by atoms with van der Waals surface area (Å²) in [7, 11) is 0. The monoisotopic (exact) mass is 516 g/mol. The fourth-order valence-electron chi connectivity index (χ4n) is 3.68. The predicted octanol–water partition coefficient (Wildman–Crippen LogP) is 0.185. The van der Waals surface area contributed by atoms with Gasteiger partial charge in [-0.25, -0.2) is 14.6 Å². The molecule has 4 rings (SSSR count). The summed E-state index contributed by atoms with van der Waals surface area (Å²) in [5.41, 5.74) is 22.5. The Morgan fingerprint density at radius 3 is 2.58 bits per heavy atom. The molecule has 0 fully saturated rings. The van der Waals surface area contributed by atoms with Gasteiger partial charge in [-0.05, 0) is 35.6 Å². The van der Waals surface area contributed by atoms with Crippen LogP contribution < -0.4 is 27.7 Å². The third-order valence-corrected chi connectivity index (χ3v) is 5.35. The van der Waals surface area contributed by atoms with E-state index in [1.807, 2.05) is 34.9 Å². The molecule has 3 aromatic heterocycles. The fourth-order valence-corrected chi connectivity index (χ4v) is 3.68. The lowest BCUT2D eigenvalue weighted by Gasteiger charge is -2.16. The molecule has 0 saturated heterocycles. The highest BCUT2D eigenvalue weighted by Gasteiger charge is 2.23. The van der Waals surface area contributed by atoms with Crippen LogP contribution in [0, 0.1) is 23.7 Å². The first-order chi connectivity index (χ1) is 18.2. The van der Waals surface area contributed by atoms with Crippen LogP contribution in [0.5, 0.6) is 5.88 Å². The van der Waals surface area contributed by atoms with Gasteiger partial charge in [0.2, 0.25) is 5.88 Å². The van der Waals surface area contributed by atoms with E-state index in [1.54, 1.807) is 19.9 Å². The molecule has 0 saturated carbocycles. The number of ether oxygens (including phenoxy) is 1. The van der Waals surface area contributed by atoms with Gasteiger partial charge in [-0.3, -0.25) is 0 Å². The van der Waals surface area contributed by atoms with Crippen molar-refractivity contribution in [3.05, 3.63) is 47.7 Å². The second kappa shape index (κ2) is 11.3. The Morgan fingerprint density at radius 1 is 1.18 bits per heavy atom. The number of aromatic nitrogens is 5. The largest absolute Gasteiger partial charge is 0.463 e. The molecule has 1 aromatic carbocycles. The van der Waals surface area contributed by atoms with E-state index in [2.05, 4.69) is 44.7 Å². The van der Waals surface area contributed by atoms with Crippen molar-refractivity contribution >= 4 is 16.9 Å². The van der Waals surface area contributed by atoms with Crippen LogP contribution >= 0.6 is 0 Å². The third-order valence-electron chi connectivity index (χ3n) is 5.35. The van der Waals surface area contributed by atoms with Gasteiger partial charge in [0.15, 0.2) is 23.4 Å². The molecule has 3 heterocycles. The average Bonchev–Trinajstić information content (AvgIpc) is 3.46. The zero-order valence-electron chi connectivity index (χ0n) is 21.2. The van der Waals surface area contributed by atoms with Gasteiger partial charge in [-0.1, -0.05) is 48.1 Å². The van der Waals surface area contributed by atoms with Crippen molar-refractivity contribution in [2.75, 3.05) is 12.3 Å². The van der Waals surface area contributed by atoms with Crippen LogP contribution in [-0.4, -0.2) is 48.3 Å². The maximum atomic E-state index is 10.2. The van der Waals surface area contributed by atoms with E-state index in [4.69, 9.17) is 31.6 Å². The second-order valence-corrected chi connectivity index (χ2v) is 8.97. The lowest BCUT2D eigenvalue weighted by molar-refractivity contribution is -0.383. The summed E-state index contributed by atoms with van der Waals surface area (Å²) in [6, 6.07) is 11.5. The fraction of sp³-hybridized carbons (Fsp3) is 0.308. The summed E-state index contributed by atoms with van der Waals surface area (Å²) >= 11 is 0. The number of aliphatic hydroxyl groups is 1. The number of hydrogen-bond acceptors (Lipinski definition) is 10. The number of hydrogen-bond donors (Lipinski definition) is 5. The molecule has 38 heavy (non-hydrogen) atoms. The first-order valence-electron chi connectivity index (χ1n) is 11.9. The number of anilines is 1. The molecule has 0 spiro atoms. The number of benzene rings is 1. The minimum atomic E-state index is -1.26. The van der Waals surface area contributed by atoms with Gasteiger partial charge < -0.3 is 37.3 Å². The number of nitrogen functional groups attached to an aromatic ring is 1. The standard InChI is InChI=1S/C26H29N9O3/c1-26(2,36)12-11-17-22-18(14-21(31-17)37-19(15-27)16-8-4-3-5-9-16)35(13-7-6-10-20(28)29)25(32-22)23-24(30)34-38-33-23/h3-5,8-9,14,19-20,36H,7,13,15,27-29H2,1-2H3,(H2,30,34)/p+1/t19-/m1/s1. The molecule has 0 aliphatic rings. The Labute approximate surface area is 219 Å². The quantitative estimate of drug-likeness (QED) is 0.166. The number of nitrogens with zero attached hydrogens (tertiary/aromatic N) is 5. The normalized spacial score (nSPS) is 12.1. The highest BCUT2D eigenvalue weighted by Crippen LogP contribution is 2.31. The van der Waals surface area contributed by atoms with Crippen LogP contribution in [0.4, 0.5) is 5.82 Å². The first kappa shape index (κ1) is 26.6. The molecule has 0 amide bonds. The average molecular weight is 517 g/mol. The topological polar surface area (TPSA) is 205 Å². The second-order valence-electron chi connectivity index (χ2n) is 8.97. The predicted molar refractivity (Wildman–Crippen MR) is 141 cm³/mol. The minimum Gasteiger partial charge on any atom is -0.463 e. The van der Waals surface area contributed by atoms with Crippen LogP contribution in [0.3, 0.4) is 0 Å². The van der Waals surface area contributed by atoms with Crippen LogP contribution in [0.15, 0.2) is 41.0 Å². The zero-order valence-corrected chi connectivity index (χ0v) is 21.2. The molecule has 0 radical (unpaired) electrons. The number of aryl methyl sites for hydroxylation is 1. The summed E-state index contributed by atoms with van der Waals surface area (Å²) < 4.78 is 13.0. The van der Waals surface area contributed by atoms with Gasteiger partial charge in [0.1, 0.15) is 29.5 Å².